The van der Waals surface area contributed by atoms with Gasteiger partial charge in [-0.25, -0.2) is 9.78 Å². The highest BCUT2D eigenvalue weighted by Gasteiger charge is 2.11. The molecule has 2 aromatic rings. The summed E-state index contributed by atoms with van der Waals surface area (Å²) in [5.41, 5.74) is 0.923. The molecule has 146 valence electrons. The van der Waals surface area contributed by atoms with Gasteiger partial charge in [0.25, 0.3) is 0 Å². The van der Waals surface area contributed by atoms with Crippen molar-refractivity contribution in [1.82, 2.24) is 25.8 Å². The standard InChI is InChI=1S/C17H22ClN5O3S/c1-10(2)7-19-16(25)21-15(24)9-27-17-20-14(22-23-17)8-26-12-4-5-13(18)11(3)6-12/h4-6,10H,7-9H2,1-3H3,(H,20,22,23)(H2,19,21,24,25). The van der Waals surface area contributed by atoms with Gasteiger partial charge in [0.05, 0.1) is 5.75 Å². The van der Waals surface area contributed by atoms with Gasteiger partial charge in [-0.1, -0.05) is 37.2 Å². The molecule has 0 saturated heterocycles. The minimum absolute atomic E-state index is 0.0314. The summed E-state index contributed by atoms with van der Waals surface area (Å²) in [7, 11) is 0. The van der Waals surface area contributed by atoms with Crippen LogP contribution >= 0.6 is 23.4 Å². The van der Waals surface area contributed by atoms with E-state index in [1.165, 1.54) is 0 Å². The predicted molar refractivity (Wildman–Crippen MR) is 104 cm³/mol. The number of aromatic nitrogens is 3. The van der Waals surface area contributed by atoms with Crippen LogP contribution in [-0.2, 0) is 11.4 Å². The zero-order valence-electron chi connectivity index (χ0n) is 15.3. The molecule has 0 radical (unpaired) electrons. The molecule has 8 nitrogen and oxygen atoms in total. The van der Waals surface area contributed by atoms with Gasteiger partial charge in [-0.15, -0.1) is 5.10 Å². The van der Waals surface area contributed by atoms with Crippen molar-refractivity contribution in [3.05, 3.63) is 34.6 Å². The molecule has 0 aliphatic rings. The topological polar surface area (TPSA) is 109 Å². The predicted octanol–water partition coefficient (Wildman–Crippen LogP) is 2.92. The maximum atomic E-state index is 11.8. The molecule has 0 bridgehead atoms. The molecule has 1 heterocycles. The van der Waals surface area contributed by atoms with Crippen molar-refractivity contribution in [3.8, 4) is 5.75 Å². The van der Waals surface area contributed by atoms with Crippen LogP contribution in [0.25, 0.3) is 0 Å². The highest BCUT2D eigenvalue weighted by molar-refractivity contribution is 7.99. The molecule has 1 aromatic carbocycles. The number of imide groups is 1. The van der Waals surface area contributed by atoms with Gasteiger partial charge in [0, 0.05) is 11.6 Å². The van der Waals surface area contributed by atoms with Crippen molar-refractivity contribution in [2.45, 2.75) is 32.5 Å². The summed E-state index contributed by atoms with van der Waals surface area (Å²) in [5, 5.41) is 12.7. The summed E-state index contributed by atoms with van der Waals surface area (Å²) >= 11 is 7.10. The number of H-pyrrole nitrogens is 1. The quantitative estimate of drug-likeness (QED) is 0.576. The molecular weight excluding hydrogens is 390 g/mol. The van der Waals surface area contributed by atoms with E-state index >= 15 is 0 Å². The van der Waals surface area contributed by atoms with Crippen molar-refractivity contribution in [2.24, 2.45) is 5.92 Å². The molecule has 3 N–H and O–H groups in total. The van der Waals surface area contributed by atoms with Gasteiger partial charge < -0.3 is 10.1 Å². The molecule has 0 spiro atoms. The van der Waals surface area contributed by atoms with E-state index in [0.717, 1.165) is 17.3 Å². The van der Waals surface area contributed by atoms with Crippen LogP contribution in [0, 0.1) is 12.8 Å². The molecule has 2 rings (SSSR count). The Morgan fingerprint density at radius 2 is 2.15 bits per heavy atom. The molecular formula is C17H22ClN5O3S. The lowest BCUT2D eigenvalue weighted by molar-refractivity contribution is -0.117. The number of hydrogen-bond donors (Lipinski definition) is 3. The van der Waals surface area contributed by atoms with Gasteiger partial charge >= 0.3 is 6.03 Å². The van der Waals surface area contributed by atoms with E-state index in [9.17, 15) is 9.59 Å². The number of rotatable bonds is 8. The minimum atomic E-state index is -0.503. The summed E-state index contributed by atoms with van der Waals surface area (Å²) in [6.07, 6.45) is 0. The zero-order chi connectivity index (χ0) is 19.8. The summed E-state index contributed by atoms with van der Waals surface area (Å²) in [4.78, 5) is 27.5. The van der Waals surface area contributed by atoms with Crippen LogP contribution in [0.3, 0.4) is 0 Å². The van der Waals surface area contributed by atoms with Gasteiger partial charge in [0.2, 0.25) is 11.1 Å². The number of halogens is 1. The Kier molecular flexibility index (Phi) is 7.93. The molecule has 0 saturated carbocycles. The second kappa shape index (κ2) is 10.2. The van der Waals surface area contributed by atoms with Crippen molar-refractivity contribution in [1.29, 1.82) is 0 Å². The Bertz CT molecular complexity index is 797. The molecule has 0 aliphatic heterocycles. The SMILES string of the molecule is Cc1cc(OCc2nc(SCC(=O)NC(=O)NCC(C)C)n[nH]2)ccc1Cl. The number of benzene rings is 1. The Morgan fingerprint density at radius 3 is 2.85 bits per heavy atom. The molecule has 10 heteroatoms. The lowest BCUT2D eigenvalue weighted by Gasteiger charge is -2.07. The Balaban J connectivity index is 1.74. The smallest absolute Gasteiger partial charge is 0.321 e. The highest BCUT2D eigenvalue weighted by Crippen LogP contribution is 2.21. The number of aromatic amines is 1. The molecule has 0 unspecified atom stereocenters. The van der Waals surface area contributed by atoms with Crippen LogP contribution < -0.4 is 15.4 Å². The fourth-order valence-corrected chi connectivity index (χ4v) is 2.63. The van der Waals surface area contributed by atoms with Gasteiger partial charge in [-0.05, 0) is 36.6 Å². The monoisotopic (exact) mass is 411 g/mol. The number of ether oxygens (including phenoxy) is 1. The first-order valence-electron chi connectivity index (χ1n) is 8.34. The maximum absolute atomic E-state index is 11.8. The Morgan fingerprint density at radius 1 is 1.37 bits per heavy atom. The van der Waals surface area contributed by atoms with Crippen LogP contribution in [0.2, 0.25) is 5.02 Å². The number of urea groups is 1. The molecule has 3 amide bonds. The second-order valence-electron chi connectivity index (χ2n) is 6.21. The van der Waals surface area contributed by atoms with Gasteiger partial charge in [0.15, 0.2) is 5.82 Å². The largest absolute Gasteiger partial charge is 0.486 e. The summed E-state index contributed by atoms with van der Waals surface area (Å²) < 4.78 is 5.63. The third kappa shape index (κ3) is 7.48. The second-order valence-corrected chi connectivity index (χ2v) is 7.55. The van der Waals surface area contributed by atoms with E-state index in [-0.39, 0.29) is 12.4 Å². The van der Waals surface area contributed by atoms with Crippen molar-refractivity contribution in [2.75, 3.05) is 12.3 Å². The van der Waals surface area contributed by atoms with Crippen molar-refractivity contribution in [3.63, 3.8) is 0 Å². The van der Waals surface area contributed by atoms with Crippen LogP contribution in [0.4, 0.5) is 4.79 Å². The van der Waals surface area contributed by atoms with Crippen LogP contribution in [-0.4, -0.2) is 39.4 Å². The summed E-state index contributed by atoms with van der Waals surface area (Å²) in [6.45, 7) is 6.54. The summed E-state index contributed by atoms with van der Waals surface area (Å²) in [6, 6.07) is 4.87. The fourth-order valence-electron chi connectivity index (χ4n) is 1.90. The third-order valence-electron chi connectivity index (χ3n) is 3.27. The molecule has 27 heavy (non-hydrogen) atoms. The third-order valence-corrected chi connectivity index (χ3v) is 4.54. The van der Waals surface area contributed by atoms with Gasteiger partial charge in [-0.2, -0.15) is 0 Å². The lowest BCUT2D eigenvalue weighted by Crippen LogP contribution is -2.41. The number of hydrogen-bond acceptors (Lipinski definition) is 6. The zero-order valence-corrected chi connectivity index (χ0v) is 16.9. The average molecular weight is 412 g/mol. The number of carbonyl (C=O) groups excluding carboxylic acids is 2. The normalized spacial score (nSPS) is 10.7. The maximum Gasteiger partial charge on any atom is 0.321 e. The lowest BCUT2D eigenvalue weighted by atomic mass is 10.2. The van der Waals surface area contributed by atoms with E-state index in [1.54, 1.807) is 12.1 Å². The summed E-state index contributed by atoms with van der Waals surface area (Å²) in [5.74, 6) is 1.13. The van der Waals surface area contributed by atoms with Crippen molar-refractivity contribution >= 4 is 35.3 Å². The van der Waals surface area contributed by atoms with E-state index < -0.39 is 11.9 Å². The van der Waals surface area contributed by atoms with Crippen LogP contribution in [0.5, 0.6) is 5.75 Å². The van der Waals surface area contributed by atoms with E-state index in [1.807, 2.05) is 26.8 Å². The number of aryl methyl sites for hydroxylation is 1. The number of nitrogens with one attached hydrogen (secondary N) is 3. The number of thioether (sulfide) groups is 1. The van der Waals surface area contributed by atoms with E-state index in [4.69, 9.17) is 16.3 Å². The number of carbonyl (C=O) groups is 2. The molecule has 0 aliphatic carbocycles. The first-order chi connectivity index (χ1) is 12.8. The van der Waals surface area contributed by atoms with Gasteiger partial charge in [-0.3, -0.25) is 15.2 Å². The van der Waals surface area contributed by atoms with E-state index in [2.05, 4.69) is 25.8 Å². The van der Waals surface area contributed by atoms with Crippen molar-refractivity contribution < 1.29 is 14.3 Å². The molecule has 1 aromatic heterocycles. The molecule has 0 atom stereocenters. The average Bonchev–Trinajstić information content (AvgIpc) is 3.07. The Hall–Kier alpha value is -2.26. The number of amides is 3. The highest BCUT2D eigenvalue weighted by atomic mass is 35.5. The fraction of sp³-hybridized carbons (Fsp3) is 0.412. The minimum Gasteiger partial charge on any atom is -0.486 e. The molecule has 0 fully saturated rings. The number of nitrogens with zero attached hydrogens (tertiary/aromatic N) is 2. The first-order valence-corrected chi connectivity index (χ1v) is 9.70. The van der Waals surface area contributed by atoms with Gasteiger partial charge in [0.1, 0.15) is 12.4 Å². The van der Waals surface area contributed by atoms with Crippen LogP contribution in [0.15, 0.2) is 23.4 Å². The van der Waals surface area contributed by atoms with E-state index in [0.29, 0.717) is 34.2 Å². The van der Waals surface area contributed by atoms with Crippen LogP contribution in [0.1, 0.15) is 25.2 Å². The first kappa shape index (κ1) is 21.0. The Labute approximate surface area is 166 Å².